The second-order valence-electron chi connectivity index (χ2n) is 15.0. The van der Waals surface area contributed by atoms with E-state index in [-0.39, 0.29) is 0 Å². The summed E-state index contributed by atoms with van der Waals surface area (Å²) < 4.78 is 0. The molecule has 61 heavy (non-hydrogen) atoms. The SMILES string of the molecule is C/C=C\C1=C(Cc2ccccc2)C(c2nc(-c3ccccc3)nc(-c3ccccc3)n2)(c2nc(-c3ccccc3)nc(-c3ccccc3)n2)c2cc(-c3ccccc3)ccc21. The Bertz CT molecular complexity index is 2780. The second kappa shape index (κ2) is 16.4. The minimum absolute atomic E-state index is 0.529. The van der Waals surface area contributed by atoms with Crippen molar-refractivity contribution in [2.24, 2.45) is 0 Å². The molecule has 0 radical (unpaired) electrons. The van der Waals surface area contributed by atoms with Crippen molar-refractivity contribution in [2.75, 3.05) is 0 Å². The fraction of sp³-hybridized carbons (Fsp3) is 0.0545. The summed E-state index contributed by atoms with van der Waals surface area (Å²) in [6.45, 7) is 2.07. The highest BCUT2D eigenvalue weighted by Gasteiger charge is 2.53. The van der Waals surface area contributed by atoms with E-state index in [1.807, 2.05) is 127 Å². The number of hydrogen-bond donors (Lipinski definition) is 0. The van der Waals surface area contributed by atoms with E-state index in [0.717, 1.165) is 61.2 Å². The molecule has 0 amide bonds. The van der Waals surface area contributed by atoms with E-state index in [2.05, 4.69) is 91.9 Å². The van der Waals surface area contributed by atoms with Crippen molar-refractivity contribution in [3.63, 3.8) is 0 Å². The van der Waals surface area contributed by atoms with Gasteiger partial charge in [0.25, 0.3) is 0 Å². The van der Waals surface area contributed by atoms with Crippen LogP contribution in [0.25, 0.3) is 62.3 Å². The van der Waals surface area contributed by atoms with Crippen LogP contribution in [0.1, 0.15) is 35.3 Å². The third-order valence-corrected chi connectivity index (χ3v) is 11.2. The highest BCUT2D eigenvalue weighted by Crippen LogP contribution is 2.55. The summed E-state index contributed by atoms with van der Waals surface area (Å²) in [5, 5.41) is 0. The Hall–Kier alpha value is -7.96. The largest absolute Gasteiger partial charge is 0.211 e. The maximum absolute atomic E-state index is 5.57. The molecule has 1 aliphatic rings. The van der Waals surface area contributed by atoms with Crippen molar-refractivity contribution < 1.29 is 0 Å². The molecule has 9 aromatic rings. The Morgan fingerprint density at radius 3 is 1.16 bits per heavy atom. The Morgan fingerprint density at radius 2 is 0.770 bits per heavy atom. The van der Waals surface area contributed by atoms with E-state index in [1.54, 1.807) is 0 Å². The molecule has 0 atom stereocenters. The van der Waals surface area contributed by atoms with E-state index in [9.17, 15) is 0 Å². The fourth-order valence-corrected chi connectivity index (χ4v) is 8.37. The van der Waals surface area contributed by atoms with E-state index >= 15 is 0 Å². The first-order chi connectivity index (χ1) is 30.2. The van der Waals surface area contributed by atoms with Crippen LogP contribution in [0.3, 0.4) is 0 Å². The van der Waals surface area contributed by atoms with Gasteiger partial charge in [-0.05, 0) is 58.4 Å². The van der Waals surface area contributed by atoms with Crippen molar-refractivity contribution in [1.29, 1.82) is 0 Å². The molecule has 10 rings (SSSR count). The third-order valence-electron chi connectivity index (χ3n) is 11.2. The molecule has 0 saturated carbocycles. The molecule has 7 aromatic carbocycles. The summed E-state index contributed by atoms with van der Waals surface area (Å²) in [5.41, 5.74) is 9.76. The molecule has 0 saturated heterocycles. The van der Waals surface area contributed by atoms with E-state index in [4.69, 9.17) is 29.9 Å². The first-order valence-corrected chi connectivity index (χ1v) is 20.5. The summed E-state index contributed by atoms with van der Waals surface area (Å²) >= 11 is 0. The molecular formula is C55H40N6. The lowest BCUT2D eigenvalue weighted by atomic mass is 9.72. The predicted octanol–water partition coefficient (Wildman–Crippen LogP) is 12.3. The van der Waals surface area contributed by atoms with Crippen LogP contribution in [-0.4, -0.2) is 29.9 Å². The minimum atomic E-state index is -1.24. The third kappa shape index (κ3) is 7.04. The van der Waals surface area contributed by atoms with Crippen LogP contribution in [0, 0.1) is 0 Å². The van der Waals surface area contributed by atoms with Gasteiger partial charge in [0.15, 0.2) is 34.9 Å². The summed E-state index contributed by atoms with van der Waals surface area (Å²) in [7, 11) is 0. The van der Waals surface area contributed by atoms with Gasteiger partial charge >= 0.3 is 0 Å². The molecule has 0 fully saturated rings. The van der Waals surface area contributed by atoms with Crippen LogP contribution >= 0.6 is 0 Å². The number of aromatic nitrogens is 6. The Labute approximate surface area is 355 Å². The van der Waals surface area contributed by atoms with Crippen LogP contribution in [0.15, 0.2) is 218 Å². The maximum atomic E-state index is 5.57. The topological polar surface area (TPSA) is 77.3 Å². The van der Waals surface area contributed by atoms with Crippen LogP contribution in [0.4, 0.5) is 0 Å². The number of rotatable bonds is 10. The van der Waals surface area contributed by atoms with E-state index in [0.29, 0.717) is 41.4 Å². The first-order valence-electron chi connectivity index (χ1n) is 20.5. The molecule has 6 heteroatoms. The summed E-state index contributed by atoms with van der Waals surface area (Å²) in [6, 6.07) is 68.4. The van der Waals surface area contributed by atoms with Gasteiger partial charge in [-0.15, -0.1) is 0 Å². The predicted molar refractivity (Wildman–Crippen MR) is 245 cm³/mol. The Kier molecular flexibility index (Phi) is 10.0. The highest BCUT2D eigenvalue weighted by atomic mass is 15.1. The molecule has 0 aliphatic heterocycles. The van der Waals surface area contributed by atoms with Crippen molar-refractivity contribution >= 4 is 5.57 Å². The summed E-state index contributed by atoms with van der Waals surface area (Å²) in [6.07, 6.45) is 4.90. The zero-order valence-electron chi connectivity index (χ0n) is 33.6. The molecule has 6 nitrogen and oxygen atoms in total. The van der Waals surface area contributed by atoms with Gasteiger partial charge in [-0.2, -0.15) is 0 Å². The second-order valence-corrected chi connectivity index (χ2v) is 15.0. The maximum Gasteiger partial charge on any atom is 0.163 e. The fourth-order valence-electron chi connectivity index (χ4n) is 8.37. The lowest BCUT2D eigenvalue weighted by Gasteiger charge is -2.33. The lowest BCUT2D eigenvalue weighted by Crippen LogP contribution is -2.36. The zero-order chi connectivity index (χ0) is 41.0. The van der Waals surface area contributed by atoms with Crippen LogP contribution < -0.4 is 0 Å². The first kappa shape index (κ1) is 37.3. The summed E-state index contributed by atoms with van der Waals surface area (Å²) in [5.74, 6) is 3.29. The average molecular weight is 785 g/mol. The van der Waals surface area contributed by atoms with Crippen molar-refractivity contribution in [3.05, 3.63) is 246 Å². The number of fused-ring (bicyclic) bond motifs is 1. The molecule has 0 unspecified atom stereocenters. The Balaban J connectivity index is 1.40. The number of benzene rings is 7. The average Bonchev–Trinajstić information content (AvgIpc) is 3.61. The van der Waals surface area contributed by atoms with E-state index < -0.39 is 5.41 Å². The molecule has 0 bridgehead atoms. The molecule has 0 spiro atoms. The van der Waals surface area contributed by atoms with Gasteiger partial charge in [-0.1, -0.05) is 206 Å². The molecular weight excluding hydrogens is 745 g/mol. The van der Waals surface area contributed by atoms with E-state index in [1.165, 1.54) is 0 Å². The molecule has 0 N–H and O–H groups in total. The van der Waals surface area contributed by atoms with Gasteiger partial charge in [-0.3, -0.25) is 0 Å². The zero-order valence-corrected chi connectivity index (χ0v) is 33.6. The van der Waals surface area contributed by atoms with Crippen molar-refractivity contribution in [3.8, 4) is 56.7 Å². The van der Waals surface area contributed by atoms with Gasteiger partial charge in [-0.25, -0.2) is 29.9 Å². The summed E-state index contributed by atoms with van der Waals surface area (Å²) in [4.78, 5) is 32.6. The molecule has 2 heterocycles. The highest BCUT2D eigenvalue weighted by molar-refractivity contribution is 5.91. The van der Waals surface area contributed by atoms with Crippen LogP contribution in [-0.2, 0) is 11.8 Å². The van der Waals surface area contributed by atoms with Gasteiger partial charge in [0.05, 0.1) is 0 Å². The smallest absolute Gasteiger partial charge is 0.163 e. The quantitative estimate of drug-likeness (QED) is 0.137. The number of nitrogens with zero attached hydrogens (tertiary/aromatic N) is 6. The number of allylic oxidation sites excluding steroid dienone is 4. The number of hydrogen-bond acceptors (Lipinski definition) is 6. The Morgan fingerprint density at radius 1 is 0.393 bits per heavy atom. The van der Waals surface area contributed by atoms with Crippen LogP contribution in [0.5, 0.6) is 0 Å². The van der Waals surface area contributed by atoms with Gasteiger partial charge in [0.1, 0.15) is 5.41 Å². The standard InChI is InChI=1S/C55H40N6/c1-2-21-45-46-35-34-44(39-24-11-4-12-25-39)37-48(46)55(47(45)36-38-22-9-3-10-23-38,53-58-49(40-26-13-5-14-27-40)56-50(59-53)41-28-15-6-16-29-41)54-60-51(42-30-17-7-18-31-42)57-52(61-54)43-32-19-8-20-33-43/h2-35,37H,36H2,1H3/b21-2-. The molecule has 290 valence electrons. The molecule has 2 aromatic heterocycles. The van der Waals surface area contributed by atoms with Crippen molar-refractivity contribution in [2.45, 2.75) is 18.8 Å². The van der Waals surface area contributed by atoms with Crippen LogP contribution in [0.2, 0.25) is 0 Å². The van der Waals surface area contributed by atoms with Gasteiger partial charge < -0.3 is 0 Å². The minimum Gasteiger partial charge on any atom is -0.211 e. The lowest BCUT2D eigenvalue weighted by molar-refractivity contribution is 0.612. The monoisotopic (exact) mass is 784 g/mol. The van der Waals surface area contributed by atoms with Gasteiger partial charge in [0.2, 0.25) is 0 Å². The normalized spacial score (nSPS) is 13.1. The molecule has 1 aliphatic carbocycles. The van der Waals surface area contributed by atoms with Crippen molar-refractivity contribution in [1.82, 2.24) is 29.9 Å². The van der Waals surface area contributed by atoms with Gasteiger partial charge in [0, 0.05) is 22.3 Å².